The number of hydrogen-bond acceptors (Lipinski definition) is 2. The summed E-state index contributed by atoms with van der Waals surface area (Å²) in [5.74, 6) is 0. The first-order valence-electron chi connectivity index (χ1n) is 3.06. The van der Waals surface area contributed by atoms with Crippen LogP contribution in [0.2, 0.25) is 0 Å². The smallest absolute Gasteiger partial charge is 0.200 e. The summed E-state index contributed by atoms with van der Waals surface area (Å²) in [6, 6.07) is -0.0487. The molecule has 0 aliphatic heterocycles. The lowest BCUT2D eigenvalue weighted by Gasteiger charge is -2.14. The predicted molar refractivity (Wildman–Crippen MR) is 40.9 cm³/mol. The fourth-order valence-electron chi connectivity index (χ4n) is 0.403. The molecule has 0 heterocycles. The van der Waals surface area contributed by atoms with Gasteiger partial charge in [-0.2, -0.15) is 17.4 Å². The summed E-state index contributed by atoms with van der Waals surface area (Å²) in [5, 5.41) is 0. The Morgan fingerprint density at radius 1 is 1.30 bits per heavy atom. The summed E-state index contributed by atoms with van der Waals surface area (Å²) < 4.78 is 25.5. The molecule has 0 rings (SSSR count). The Kier molecular flexibility index (Phi) is 3.27. The van der Waals surface area contributed by atoms with E-state index in [1.54, 1.807) is 13.8 Å². The third kappa shape index (κ3) is 3.14. The summed E-state index contributed by atoms with van der Waals surface area (Å²) in [6.07, 6.45) is 0. The van der Waals surface area contributed by atoms with Gasteiger partial charge in [-0.1, -0.05) is 0 Å². The lowest BCUT2D eigenvalue weighted by Crippen LogP contribution is -2.39. The van der Waals surface area contributed by atoms with Gasteiger partial charge in [0, 0.05) is 20.1 Å². The van der Waals surface area contributed by atoms with Crippen molar-refractivity contribution >= 4 is 10.2 Å². The van der Waals surface area contributed by atoms with Crippen LogP contribution in [0.15, 0.2) is 0 Å². The summed E-state index contributed by atoms with van der Waals surface area (Å²) in [7, 11) is -0.233. The third-order valence-electron chi connectivity index (χ3n) is 0.865. The van der Waals surface area contributed by atoms with Crippen molar-refractivity contribution in [2.24, 2.45) is 0 Å². The highest BCUT2D eigenvalue weighted by Gasteiger charge is 2.12. The van der Waals surface area contributed by atoms with Crippen molar-refractivity contribution in [1.29, 1.82) is 0 Å². The summed E-state index contributed by atoms with van der Waals surface area (Å²) in [6.45, 7) is 3.56. The average Bonchev–Trinajstić information content (AvgIpc) is 1.60. The SMILES string of the molecule is CC(C)NS(=O)(=O)N(C)C. The van der Waals surface area contributed by atoms with Crippen molar-refractivity contribution in [3.63, 3.8) is 0 Å². The molecule has 0 aromatic rings. The maximum atomic E-state index is 11.0. The van der Waals surface area contributed by atoms with Crippen LogP contribution in [0.4, 0.5) is 0 Å². The molecule has 4 nitrogen and oxygen atoms in total. The molecule has 0 spiro atoms. The highest BCUT2D eigenvalue weighted by atomic mass is 32.2. The van der Waals surface area contributed by atoms with Gasteiger partial charge in [0.15, 0.2) is 0 Å². The normalized spacial score (nSPS) is 13.0. The van der Waals surface area contributed by atoms with E-state index < -0.39 is 10.2 Å². The van der Waals surface area contributed by atoms with Gasteiger partial charge in [0.25, 0.3) is 10.2 Å². The van der Waals surface area contributed by atoms with Crippen LogP contribution in [0, 0.1) is 0 Å². The van der Waals surface area contributed by atoms with E-state index in [1.807, 2.05) is 0 Å². The summed E-state index contributed by atoms with van der Waals surface area (Å²) in [4.78, 5) is 0. The Bertz CT molecular complexity index is 184. The fraction of sp³-hybridized carbons (Fsp3) is 1.00. The van der Waals surface area contributed by atoms with E-state index in [2.05, 4.69) is 4.72 Å². The molecule has 0 saturated carbocycles. The van der Waals surface area contributed by atoms with Gasteiger partial charge in [-0.3, -0.25) is 0 Å². The molecule has 0 aromatic heterocycles. The van der Waals surface area contributed by atoms with Gasteiger partial charge in [-0.15, -0.1) is 0 Å². The lowest BCUT2D eigenvalue weighted by molar-refractivity contribution is 0.497. The second kappa shape index (κ2) is 3.32. The summed E-state index contributed by atoms with van der Waals surface area (Å²) >= 11 is 0. The topological polar surface area (TPSA) is 49.4 Å². The summed E-state index contributed by atoms with van der Waals surface area (Å²) in [5.41, 5.74) is 0. The zero-order valence-corrected chi connectivity index (χ0v) is 7.57. The van der Waals surface area contributed by atoms with Crippen molar-refractivity contribution in [3.05, 3.63) is 0 Å². The molecule has 1 N–H and O–H groups in total. The van der Waals surface area contributed by atoms with Crippen LogP contribution in [0.25, 0.3) is 0 Å². The second-order valence-corrected chi connectivity index (χ2v) is 4.48. The molecular weight excluding hydrogens is 152 g/mol. The largest absolute Gasteiger partial charge is 0.279 e. The molecule has 10 heavy (non-hydrogen) atoms. The van der Waals surface area contributed by atoms with E-state index in [0.717, 1.165) is 4.31 Å². The van der Waals surface area contributed by atoms with Crippen molar-refractivity contribution < 1.29 is 8.42 Å². The van der Waals surface area contributed by atoms with Crippen LogP contribution >= 0.6 is 0 Å². The molecule has 0 radical (unpaired) electrons. The molecule has 0 aliphatic rings. The highest BCUT2D eigenvalue weighted by Crippen LogP contribution is 1.90. The lowest BCUT2D eigenvalue weighted by atomic mass is 10.4. The number of rotatable bonds is 3. The van der Waals surface area contributed by atoms with Crippen molar-refractivity contribution in [2.75, 3.05) is 14.1 Å². The van der Waals surface area contributed by atoms with Gasteiger partial charge < -0.3 is 0 Å². The number of nitrogens with zero attached hydrogens (tertiary/aromatic N) is 1. The van der Waals surface area contributed by atoms with Crippen LogP contribution in [0.1, 0.15) is 13.8 Å². The molecule has 62 valence electrons. The van der Waals surface area contributed by atoms with Crippen molar-refractivity contribution in [3.8, 4) is 0 Å². The Balaban J connectivity index is 4.16. The quantitative estimate of drug-likeness (QED) is 0.630. The van der Waals surface area contributed by atoms with Crippen LogP contribution in [-0.4, -0.2) is 32.9 Å². The standard InChI is InChI=1S/C5H14N2O2S/c1-5(2)6-10(8,9)7(3)4/h5-6H,1-4H3. The molecule has 0 bridgehead atoms. The molecule has 5 heteroatoms. The van der Waals surface area contributed by atoms with Gasteiger partial charge in [0.05, 0.1) is 0 Å². The van der Waals surface area contributed by atoms with Gasteiger partial charge >= 0.3 is 0 Å². The number of hydrogen-bond donors (Lipinski definition) is 1. The average molecular weight is 166 g/mol. The Morgan fingerprint density at radius 2 is 1.70 bits per heavy atom. The minimum atomic E-state index is -3.21. The molecule has 0 amide bonds. The molecule has 0 aliphatic carbocycles. The third-order valence-corrected chi connectivity index (χ3v) is 2.60. The van der Waals surface area contributed by atoms with E-state index in [0.29, 0.717) is 0 Å². The van der Waals surface area contributed by atoms with Gasteiger partial charge in [0.1, 0.15) is 0 Å². The predicted octanol–water partition coefficient (Wildman–Crippen LogP) is -0.209. The number of nitrogens with one attached hydrogen (secondary N) is 1. The van der Waals surface area contributed by atoms with E-state index in [-0.39, 0.29) is 6.04 Å². The minimum absolute atomic E-state index is 0.0487. The van der Waals surface area contributed by atoms with Gasteiger partial charge in [0.2, 0.25) is 0 Å². The van der Waals surface area contributed by atoms with E-state index >= 15 is 0 Å². The molecular formula is C5H14N2O2S. The Labute approximate surface area is 62.4 Å². The zero-order valence-electron chi connectivity index (χ0n) is 6.75. The Hall–Kier alpha value is -0.130. The maximum Gasteiger partial charge on any atom is 0.279 e. The van der Waals surface area contributed by atoms with Crippen LogP contribution < -0.4 is 4.72 Å². The zero-order chi connectivity index (χ0) is 8.36. The van der Waals surface area contributed by atoms with Crippen LogP contribution in [-0.2, 0) is 10.2 Å². The fourth-order valence-corrected chi connectivity index (χ4v) is 1.21. The second-order valence-electron chi connectivity index (χ2n) is 2.56. The first kappa shape index (κ1) is 9.87. The molecule has 0 fully saturated rings. The molecule has 0 aromatic carbocycles. The molecule has 0 saturated heterocycles. The van der Waals surface area contributed by atoms with Gasteiger partial charge in [-0.05, 0) is 13.8 Å². The van der Waals surface area contributed by atoms with Gasteiger partial charge in [-0.25, -0.2) is 0 Å². The molecule has 0 atom stereocenters. The van der Waals surface area contributed by atoms with Crippen LogP contribution in [0.3, 0.4) is 0 Å². The first-order valence-corrected chi connectivity index (χ1v) is 4.50. The monoisotopic (exact) mass is 166 g/mol. The first-order chi connectivity index (χ1) is 4.36. The van der Waals surface area contributed by atoms with E-state index in [4.69, 9.17) is 0 Å². The Morgan fingerprint density at radius 3 is 1.80 bits per heavy atom. The van der Waals surface area contributed by atoms with E-state index in [1.165, 1.54) is 14.1 Å². The minimum Gasteiger partial charge on any atom is -0.200 e. The highest BCUT2D eigenvalue weighted by molar-refractivity contribution is 7.87. The van der Waals surface area contributed by atoms with E-state index in [9.17, 15) is 8.42 Å². The van der Waals surface area contributed by atoms with Crippen LogP contribution in [0.5, 0.6) is 0 Å². The van der Waals surface area contributed by atoms with Crippen molar-refractivity contribution in [1.82, 2.24) is 9.03 Å². The molecule has 0 unspecified atom stereocenters. The van der Waals surface area contributed by atoms with Crippen molar-refractivity contribution in [2.45, 2.75) is 19.9 Å². The maximum absolute atomic E-state index is 11.0.